The monoisotopic (exact) mass is 481 g/mol. The molecule has 0 bridgehead atoms. The van der Waals surface area contributed by atoms with Crippen molar-refractivity contribution in [1.82, 2.24) is 15.2 Å². The fourth-order valence-corrected chi connectivity index (χ4v) is 3.90. The van der Waals surface area contributed by atoms with E-state index in [9.17, 15) is 19.5 Å². The van der Waals surface area contributed by atoms with Crippen LogP contribution >= 0.6 is 0 Å². The molecule has 0 aliphatic carbocycles. The van der Waals surface area contributed by atoms with Crippen molar-refractivity contribution in [1.29, 1.82) is 0 Å². The lowest BCUT2D eigenvalue weighted by Crippen LogP contribution is -2.50. The zero-order chi connectivity index (χ0) is 24.9. The zero-order valence-corrected chi connectivity index (χ0v) is 19.2. The van der Waals surface area contributed by atoms with Gasteiger partial charge in [0.05, 0.1) is 23.6 Å². The molecule has 4 N–H and O–H groups in total. The molecule has 1 aromatic heterocycles. The zero-order valence-electron chi connectivity index (χ0n) is 19.2. The number of pyridine rings is 1. The number of carbonyl (C=O) groups is 2. The molecule has 2 unspecified atom stereocenters. The Morgan fingerprint density at radius 2 is 1.86 bits per heavy atom. The average molecular weight is 482 g/mol. The highest BCUT2D eigenvalue weighted by Gasteiger charge is 2.25. The second-order valence-corrected chi connectivity index (χ2v) is 8.18. The van der Waals surface area contributed by atoms with E-state index in [1.54, 1.807) is 16.7 Å². The van der Waals surface area contributed by atoms with Crippen LogP contribution in [0.15, 0.2) is 53.5 Å². The van der Waals surface area contributed by atoms with E-state index in [1.165, 1.54) is 6.20 Å². The minimum Gasteiger partial charge on any atom is -0.454 e. The van der Waals surface area contributed by atoms with Crippen LogP contribution in [0.1, 0.15) is 22.8 Å². The number of amides is 2. The third-order valence-electron chi connectivity index (χ3n) is 5.79. The number of nitrogens with one attached hydrogen (secondary N) is 2. The second-order valence-electron chi connectivity index (χ2n) is 8.18. The first-order valence-corrected chi connectivity index (χ1v) is 11.3. The number of hydrogen-bond donors (Lipinski definition) is 4. The maximum absolute atomic E-state index is 13.3. The van der Waals surface area contributed by atoms with Gasteiger partial charge in [0.2, 0.25) is 18.1 Å². The Morgan fingerprint density at radius 1 is 1.14 bits per heavy atom. The first kappa shape index (κ1) is 24.2. The van der Waals surface area contributed by atoms with Gasteiger partial charge in [-0.2, -0.15) is 0 Å². The molecule has 35 heavy (non-hydrogen) atoms. The molecule has 0 saturated carbocycles. The van der Waals surface area contributed by atoms with Crippen LogP contribution in [0, 0.1) is 0 Å². The SMILES string of the molecule is CCn1cc(C(=O)NC(Cc2ccccc2)C(=O)NCC(O)CO)c(=O)c2cc3c(cc21)OCO3. The number of aliphatic hydroxyl groups excluding tert-OH is 2. The van der Waals surface area contributed by atoms with Crippen molar-refractivity contribution in [3.8, 4) is 11.5 Å². The van der Waals surface area contributed by atoms with Crippen molar-refractivity contribution in [3.63, 3.8) is 0 Å². The number of aryl methyl sites for hydroxylation is 1. The van der Waals surface area contributed by atoms with Crippen LogP contribution in [0.3, 0.4) is 0 Å². The van der Waals surface area contributed by atoms with Gasteiger partial charge in [-0.25, -0.2) is 0 Å². The number of benzene rings is 2. The fourth-order valence-electron chi connectivity index (χ4n) is 3.90. The minimum atomic E-state index is -1.13. The Bertz CT molecular complexity index is 1290. The molecule has 10 heteroatoms. The van der Waals surface area contributed by atoms with Crippen LogP contribution in [0.2, 0.25) is 0 Å². The summed E-state index contributed by atoms with van der Waals surface area (Å²) >= 11 is 0. The topological polar surface area (TPSA) is 139 Å². The molecule has 0 fully saturated rings. The summed E-state index contributed by atoms with van der Waals surface area (Å²) in [6.07, 6.45) is 0.508. The molecule has 0 saturated heterocycles. The van der Waals surface area contributed by atoms with Crippen molar-refractivity contribution in [2.45, 2.75) is 32.0 Å². The predicted molar refractivity (Wildman–Crippen MR) is 128 cm³/mol. The van der Waals surface area contributed by atoms with Crippen molar-refractivity contribution < 1.29 is 29.3 Å². The third-order valence-corrected chi connectivity index (χ3v) is 5.79. The molecule has 1 aliphatic rings. The average Bonchev–Trinajstić information content (AvgIpc) is 3.34. The highest BCUT2D eigenvalue weighted by atomic mass is 16.7. The van der Waals surface area contributed by atoms with Crippen LogP contribution in [-0.2, 0) is 17.8 Å². The van der Waals surface area contributed by atoms with Gasteiger partial charge in [-0.15, -0.1) is 0 Å². The second kappa shape index (κ2) is 10.6. The summed E-state index contributed by atoms with van der Waals surface area (Å²) in [5, 5.41) is 24.1. The molecule has 184 valence electrons. The van der Waals surface area contributed by atoms with Gasteiger partial charge in [0.1, 0.15) is 11.6 Å². The number of hydrogen-bond acceptors (Lipinski definition) is 7. The summed E-state index contributed by atoms with van der Waals surface area (Å²) in [5.41, 5.74) is 0.803. The molecule has 0 spiro atoms. The number of carbonyl (C=O) groups excluding carboxylic acids is 2. The summed E-state index contributed by atoms with van der Waals surface area (Å²) in [6.45, 7) is 1.74. The number of aromatic nitrogens is 1. The van der Waals surface area contributed by atoms with Crippen molar-refractivity contribution in [2.75, 3.05) is 19.9 Å². The van der Waals surface area contributed by atoms with Crippen molar-refractivity contribution in [2.24, 2.45) is 0 Å². The molecule has 2 aromatic carbocycles. The van der Waals surface area contributed by atoms with Crippen molar-refractivity contribution in [3.05, 3.63) is 70.0 Å². The van der Waals surface area contributed by atoms with Crippen LogP contribution in [0.4, 0.5) is 0 Å². The van der Waals surface area contributed by atoms with E-state index in [1.807, 2.05) is 37.3 Å². The van der Waals surface area contributed by atoms with Crippen molar-refractivity contribution >= 4 is 22.7 Å². The van der Waals surface area contributed by atoms with E-state index in [4.69, 9.17) is 14.6 Å². The maximum atomic E-state index is 13.3. The summed E-state index contributed by atoms with van der Waals surface area (Å²) in [6, 6.07) is 11.4. The summed E-state index contributed by atoms with van der Waals surface area (Å²) in [7, 11) is 0. The smallest absolute Gasteiger partial charge is 0.257 e. The third kappa shape index (κ3) is 5.28. The van der Waals surface area contributed by atoms with E-state index in [0.717, 1.165) is 5.56 Å². The van der Waals surface area contributed by atoms with Gasteiger partial charge >= 0.3 is 0 Å². The Labute approximate surface area is 201 Å². The molecule has 3 aromatic rings. The highest BCUT2D eigenvalue weighted by Crippen LogP contribution is 2.35. The largest absolute Gasteiger partial charge is 0.454 e. The molecular formula is C25H27N3O7. The summed E-state index contributed by atoms with van der Waals surface area (Å²) < 4.78 is 12.6. The first-order valence-electron chi connectivity index (χ1n) is 11.3. The standard InChI is InChI=1S/C25H27N3O7/c1-2-28-12-18(23(31)17-9-21-22(10-20(17)28)35-14-34-21)24(32)27-19(8-15-6-4-3-5-7-15)25(33)26-11-16(30)13-29/h3-7,9-10,12,16,19,29-30H,2,8,11,13-14H2,1H3,(H,26,33)(H,27,32). The van der Waals surface area contributed by atoms with Gasteiger partial charge in [0, 0.05) is 31.8 Å². The lowest BCUT2D eigenvalue weighted by Gasteiger charge is -2.20. The van der Waals surface area contributed by atoms with E-state index in [0.29, 0.717) is 28.9 Å². The number of aliphatic hydroxyl groups is 2. The van der Waals surface area contributed by atoms with E-state index in [2.05, 4.69) is 10.6 Å². The normalized spacial score (nSPS) is 13.9. The van der Waals surface area contributed by atoms with Crippen LogP contribution in [0.5, 0.6) is 11.5 Å². The number of fused-ring (bicyclic) bond motifs is 2. The Morgan fingerprint density at radius 3 is 2.54 bits per heavy atom. The van der Waals surface area contributed by atoms with Gasteiger partial charge in [-0.3, -0.25) is 14.4 Å². The van der Waals surface area contributed by atoms with E-state index in [-0.39, 0.29) is 25.3 Å². The highest BCUT2D eigenvalue weighted by molar-refractivity contribution is 6.00. The fraction of sp³-hybridized carbons (Fsp3) is 0.320. The van der Waals surface area contributed by atoms with Gasteiger partial charge in [0.15, 0.2) is 11.5 Å². The van der Waals surface area contributed by atoms with Gasteiger partial charge in [-0.1, -0.05) is 30.3 Å². The van der Waals surface area contributed by atoms with Gasteiger partial charge in [-0.05, 0) is 18.6 Å². The molecule has 0 radical (unpaired) electrons. The van der Waals surface area contributed by atoms with Gasteiger partial charge in [0.25, 0.3) is 5.91 Å². The molecule has 2 amide bonds. The Balaban J connectivity index is 1.65. The summed E-state index contributed by atoms with van der Waals surface area (Å²) in [5.74, 6) is -0.287. The Hall–Kier alpha value is -3.89. The molecule has 2 atom stereocenters. The minimum absolute atomic E-state index is 0.0561. The predicted octanol–water partition coefficient (Wildman–Crippen LogP) is 0.561. The quantitative estimate of drug-likeness (QED) is 0.350. The number of nitrogens with zero attached hydrogens (tertiary/aromatic N) is 1. The lowest BCUT2D eigenvalue weighted by molar-refractivity contribution is -0.123. The Kier molecular flexibility index (Phi) is 7.33. The summed E-state index contributed by atoms with van der Waals surface area (Å²) in [4.78, 5) is 39.4. The molecule has 4 rings (SSSR count). The number of ether oxygens (including phenoxy) is 2. The molecule has 10 nitrogen and oxygen atoms in total. The first-order chi connectivity index (χ1) is 16.9. The van der Waals surface area contributed by atoms with E-state index < -0.39 is 36.0 Å². The number of rotatable bonds is 9. The van der Waals surface area contributed by atoms with Crippen LogP contribution < -0.4 is 25.5 Å². The molecular weight excluding hydrogens is 454 g/mol. The van der Waals surface area contributed by atoms with Crippen LogP contribution in [-0.4, -0.2) is 58.7 Å². The molecule has 2 heterocycles. The maximum Gasteiger partial charge on any atom is 0.257 e. The van der Waals surface area contributed by atoms with E-state index >= 15 is 0 Å². The lowest BCUT2D eigenvalue weighted by atomic mass is 10.0. The van der Waals surface area contributed by atoms with Crippen LogP contribution in [0.25, 0.3) is 10.9 Å². The molecule has 1 aliphatic heterocycles. The van der Waals surface area contributed by atoms with Gasteiger partial charge < -0.3 is 34.9 Å².